The van der Waals surface area contributed by atoms with E-state index in [0.717, 1.165) is 10.3 Å². The predicted molar refractivity (Wildman–Crippen MR) is 159 cm³/mol. The van der Waals surface area contributed by atoms with Crippen LogP contribution >= 0.6 is 0 Å². The average molecular weight is 635 g/mol. The number of benzene rings is 2. The van der Waals surface area contributed by atoms with E-state index in [0.29, 0.717) is 11.3 Å². The molecule has 0 aliphatic carbocycles. The summed E-state index contributed by atoms with van der Waals surface area (Å²) in [6.07, 6.45) is 0.128. The Morgan fingerprint density at radius 1 is 0.913 bits per heavy atom. The first kappa shape index (κ1) is 32.0. The maximum atomic E-state index is 13.1. The van der Waals surface area contributed by atoms with Gasteiger partial charge in [0.15, 0.2) is 6.61 Å². The van der Waals surface area contributed by atoms with Gasteiger partial charge in [0.2, 0.25) is 17.7 Å². The molecule has 1 unspecified atom stereocenters. The van der Waals surface area contributed by atoms with Crippen molar-refractivity contribution in [3.05, 3.63) is 70.1 Å². The topological polar surface area (TPSA) is 200 Å². The number of rotatable bonds is 14. The number of anilines is 1. The van der Waals surface area contributed by atoms with Crippen molar-refractivity contribution in [3.8, 4) is 5.75 Å². The van der Waals surface area contributed by atoms with E-state index in [2.05, 4.69) is 16.0 Å². The summed E-state index contributed by atoms with van der Waals surface area (Å²) in [5.41, 5.74) is 0.390. The van der Waals surface area contributed by atoms with E-state index in [9.17, 15) is 33.6 Å². The number of piperidine rings is 1. The van der Waals surface area contributed by atoms with Crippen LogP contribution in [0, 0.1) is 0 Å². The van der Waals surface area contributed by atoms with Crippen molar-refractivity contribution < 1.29 is 47.4 Å². The van der Waals surface area contributed by atoms with Crippen molar-refractivity contribution >= 4 is 52.1 Å². The van der Waals surface area contributed by atoms with Crippen LogP contribution in [-0.4, -0.2) is 86.0 Å². The lowest BCUT2D eigenvalue weighted by atomic mass is 10.0. The number of nitrogens with zero attached hydrogens (tertiary/aromatic N) is 1. The second kappa shape index (κ2) is 14.6. The smallest absolute Gasteiger partial charge is 0.336 e. The van der Waals surface area contributed by atoms with Gasteiger partial charge in [-0.1, -0.05) is 6.07 Å². The molecule has 1 aromatic heterocycles. The maximum absolute atomic E-state index is 13.1. The largest absolute Gasteiger partial charge is 0.483 e. The standard InChI is InChI=1S/C31H30N4O11/c36-24-8-7-21(29(40)34-24)35-30(41)20-2-1-3-22(28(20)31(35)42)45-17-26(38)32-11-13-44-15-14-43-12-10-25(37)33-19-6-4-18-5-9-27(39)46-23(18)16-19/h1-6,9,16,21H,7-8,10-15,17H2,(H,32,38)(H,33,37)(H,34,36,40). The van der Waals surface area contributed by atoms with E-state index in [4.69, 9.17) is 18.6 Å². The third kappa shape index (κ3) is 7.62. The molecule has 0 radical (unpaired) electrons. The molecule has 2 aromatic carbocycles. The van der Waals surface area contributed by atoms with Gasteiger partial charge in [-0.05, 0) is 36.8 Å². The highest BCUT2D eigenvalue weighted by Crippen LogP contribution is 2.33. The molecule has 5 rings (SSSR count). The minimum atomic E-state index is -1.11. The number of ether oxygens (including phenoxy) is 3. The molecule has 0 bridgehead atoms. The molecule has 3 N–H and O–H groups in total. The SMILES string of the molecule is O=C(COc1cccc2c1C(=O)N(C1CCC(=O)NC1=O)C2=O)NCCOCCOCCC(=O)Nc1ccc2ccc(=O)oc2c1. The van der Waals surface area contributed by atoms with E-state index < -0.39 is 47.8 Å². The van der Waals surface area contributed by atoms with Crippen LogP contribution in [0.2, 0.25) is 0 Å². The normalized spacial score (nSPS) is 15.9. The Labute approximate surface area is 261 Å². The van der Waals surface area contributed by atoms with Crippen LogP contribution in [0.4, 0.5) is 5.69 Å². The van der Waals surface area contributed by atoms with Gasteiger partial charge in [0.1, 0.15) is 17.4 Å². The summed E-state index contributed by atoms with van der Waals surface area (Å²) in [4.78, 5) is 86.4. The number of carbonyl (C=O) groups is 6. The highest BCUT2D eigenvalue weighted by molar-refractivity contribution is 6.24. The Bertz CT molecular complexity index is 1750. The van der Waals surface area contributed by atoms with E-state index >= 15 is 0 Å². The first-order valence-electron chi connectivity index (χ1n) is 14.4. The Balaban J connectivity index is 0.951. The summed E-state index contributed by atoms with van der Waals surface area (Å²) in [6.45, 7) is 0.539. The molecule has 2 aliphatic rings. The van der Waals surface area contributed by atoms with Gasteiger partial charge in [0, 0.05) is 36.2 Å². The van der Waals surface area contributed by atoms with Crippen molar-refractivity contribution in [3.63, 3.8) is 0 Å². The Kier molecular flexibility index (Phi) is 10.1. The fourth-order valence-corrected chi connectivity index (χ4v) is 4.91. The Hall–Kier alpha value is -5.41. The molecule has 0 spiro atoms. The van der Waals surface area contributed by atoms with Crippen LogP contribution in [0.1, 0.15) is 40.0 Å². The second-order valence-electron chi connectivity index (χ2n) is 10.3. The summed E-state index contributed by atoms with van der Waals surface area (Å²) < 4.78 is 21.5. The first-order valence-corrected chi connectivity index (χ1v) is 14.4. The molecule has 46 heavy (non-hydrogen) atoms. The van der Waals surface area contributed by atoms with Gasteiger partial charge in [-0.15, -0.1) is 0 Å². The van der Waals surface area contributed by atoms with E-state index in [1.807, 2.05) is 0 Å². The van der Waals surface area contributed by atoms with Gasteiger partial charge in [0.05, 0.1) is 44.0 Å². The third-order valence-corrected chi connectivity index (χ3v) is 7.11. The number of fused-ring (bicyclic) bond motifs is 2. The van der Waals surface area contributed by atoms with Gasteiger partial charge in [-0.2, -0.15) is 0 Å². The number of nitrogens with one attached hydrogen (secondary N) is 3. The number of hydrogen-bond acceptors (Lipinski definition) is 11. The first-order chi connectivity index (χ1) is 22.2. The van der Waals surface area contributed by atoms with Gasteiger partial charge in [-0.25, -0.2) is 4.79 Å². The molecule has 2 aliphatic heterocycles. The summed E-state index contributed by atoms with van der Waals surface area (Å²) in [6, 6.07) is 11.2. The van der Waals surface area contributed by atoms with E-state index in [1.54, 1.807) is 24.3 Å². The summed E-state index contributed by atoms with van der Waals surface area (Å²) >= 11 is 0. The molecule has 0 saturated carbocycles. The molecule has 1 atom stereocenters. The quantitative estimate of drug-likeness (QED) is 0.128. The second-order valence-corrected chi connectivity index (χ2v) is 10.3. The molecule has 3 heterocycles. The van der Waals surface area contributed by atoms with Crippen LogP contribution < -0.4 is 26.3 Å². The molecule has 3 aromatic rings. The highest BCUT2D eigenvalue weighted by Gasteiger charge is 2.46. The number of imide groups is 2. The van der Waals surface area contributed by atoms with Crippen LogP contribution in [-0.2, 0) is 28.7 Å². The monoisotopic (exact) mass is 634 g/mol. The van der Waals surface area contributed by atoms with Gasteiger partial charge >= 0.3 is 5.63 Å². The molecule has 6 amide bonds. The zero-order valence-corrected chi connectivity index (χ0v) is 24.5. The van der Waals surface area contributed by atoms with Gasteiger partial charge in [-0.3, -0.25) is 39.0 Å². The number of carbonyl (C=O) groups excluding carboxylic acids is 6. The molecule has 15 heteroatoms. The summed E-state index contributed by atoms with van der Waals surface area (Å²) in [5, 5.41) is 8.20. The number of amides is 6. The van der Waals surface area contributed by atoms with E-state index in [-0.39, 0.29) is 75.0 Å². The van der Waals surface area contributed by atoms with Crippen molar-refractivity contribution in [1.82, 2.24) is 15.5 Å². The van der Waals surface area contributed by atoms with Crippen LogP contribution in [0.25, 0.3) is 11.0 Å². The van der Waals surface area contributed by atoms with Crippen LogP contribution in [0.15, 0.2) is 57.7 Å². The lowest BCUT2D eigenvalue weighted by molar-refractivity contribution is -0.136. The third-order valence-electron chi connectivity index (χ3n) is 7.11. The zero-order chi connectivity index (χ0) is 32.6. The zero-order valence-electron chi connectivity index (χ0n) is 24.5. The minimum Gasteiger partial charge on any atom is -0.483 e. The Morgan fingerprint density at radius 2 is 1.70 bits per heavy atom. The minimum absolute atomic E-state index is 0.000593. The fourth-order valence-electron chi connectivity index (χ4n) is 4.91. The lowest BCUT2D eigenvalue weighted by Crippen LogP contribution is -2.54. The van der Waals surface area contributed by atoms with Crippen molar-refractivity contribution in [2.24, 2.45) is 0 Å². The summed E-state index contributed by atoms with van der Waals surface area (Å²) in [5.74, 6) is -3.34. The fraction of sp³-hybridized carbons (Fsp3) is 0.323. The number of hydrogen-bond donors (Lipinski definition) is 3. The van der Waals surface area contributed by atoms with Crippen LogP contribution in [0.3, 0.4) is 0 Å². The average Bonchev–Trinajstić information content (AvgIpc) is 3.28. The van der Waals surface area contributed by atoms with Crippen molar-refractivity contribution in [2.75, 3.05) is 44.9 Å². The predicted octanol–water partition coefficient (Wildman–Crippen LogP) is 0.751. The highest BCUT2D eigenvalue weighted by atomic mass is 16.5. The van der Waals surface area contributed by atoms with Crippen LogP contribution in [0.5, 0.6) is 5.75 Å². The molecular formula is C31H30N4O11. The molecule has 1 fully saturated rings. The lowest BCUT2D eigenvalue weighted by Gasteiger charge is -2.27. The molecule has 240 valence electrons. The van der Waals surface area contributed by atoms with Crippen molar-refractivity contribution in [2.45, 2.75) is 25.3 Å². The maximum Gasteiger partial charge on any atom is 0.336 e. The van der Waals surface area contributed by atoms with Gasteiger partial charge < -0.3 is 29.3 Å². The molecular weight excluding hydrogens is 604 g/mol. The van der Waals surface area contributed by atoms with Crippen molar-refractivity contribution in [1.29, 1.82) is 0 Å². The molecule has 15 nitrogen and oxygen atoms in total. The molecule has 1 saturated heterocycles. The van der Waals surface area contributed by atoms with E-state index in [1.165, 1.54) is 24.3 Å². The summed E-state index contributed by atoms with van der Waals surface area (Å²) in [7, 11) is 0. The Morgan fingerprint density at radius 3 is 2.50 bits per heavy atom. The van der Waals surface area contributed by atoms with Gasteiger partial charge in [0.25, 0.3) is 17.7 Å².